The Balaban J connectivity index is 2.60. The Morgan fingerprint density at radius 2 is 2.33 bits per heavy atom. The molecule has 0 spiro atoms. The zero-order valence-corrected chi connectivity index (χ0v) is 7.86. The van der Waals surface area contributed by atoms with E-state index < -0.39 is 0 Å². The van der Waals surface area contributed by atoms with Gasteiger partial charge in [0.15, 0.2) is 9.76 Å². The number of hydrogen-bond donors (Lipinski definition) is 1. The van der Waals surface area contributed by atoms with Crippen LogP contribution in [0.4, 0.5) is 0 Å². The lowest BCUT2D eigenvalue weighted by Gasteiger charge is -1.99. The molecule has 0 aliphatic rings. The summed E-state index contributed by atoms with van der Waals surface area (Å²) in [5.74, 6) is 0. The molecule has 3 heteroatoms. The van der Waals surface area contributed by atoms with Crippen LogP contribution in [0.2, 0.25) is 0 Å². The van der Waals surface area contributed by atoms with Crippen molar-refractivity contribution in [1.29, 1.82) is 0 Å². The standard InChI is InChI=1S/C6H17NOSi/c1-3-4-5-7-6-9-8-2/h7H,3-6,9H2,1-2H3. The molecule has 9 heavy (non-hydrogen) atoms. The minimum absolute atomic E-state index is 0.217. The summed E-state index contributed by atoms with van der Waals surface area (Å²) in [7, 11) is 1.57. The van der Waals surface area contributed by atoms with E-state index >= 15 is 0 Å². The zero-order chi connectivity index (χ0) is 6.95. The van der Waals surface area contributed by atoms with Crippen molar-refractivity contribution >= 4 is 9.76 Å². The normalized spacial score (nSPS) is 11.3. The molecule has 0 heterocycles. The fourth-order valence-electron chi connectivity index (χ4n) is 0.601. The highest BCUT2D eigenvalue weighted by atomic mass is 28.2. The summed E-state index contributed by atoms with van der Waals surface area (Å²) >= 11 is 0. The molecule has 1 N–H and O–H groups in total. The monoisotopic (exact) mass is 147 g/mol. The van der Waals surface area contributed by atoms with Crippen LogP contribution in [-0.4, -0.2) is 29.6 Å². The van der Waals surface area contributed by atoms with Crippen LogP contribution in [0.15, 0.2) is 0 Å². The Morgan fingerprint density at radius 1 is 1.56 bits per heavy atom. The number of hydrogen-bond acceptors (Lipinski definition) is 2. The molecular formula is C6H17NOSi. The summed E-state index contributed by atoms with van der Waals surface area (Å²) in [6.07, 6.45) is 3.69. The lowest BCUT2D eigenvalue weighted by atomic mass is 10.3. The van der Waals surface area contributed by atoms with Gasteiger partial charge in [-0.3, -0.25) is 0 Å². The quantitative estimate of drug-likeness (QED) is 0.424. The summed E-state index contributed by atoms with van der Waals surface area (Å²) in [5, 5.41) is 3.32. The first-order valence-electron chi connectivity index (χ1n) is 3.61. The van der Waals surface area contributed by atoms with Crippen LogP contribution in [0.3, 0.4) is 0 Å². The summed E-state index contributed by atoms with van der Waals surface area (Å²) in [4.78, 5) is 0. The van der Waals surface area contributed by atoms with Gasteiger partial charge in [-0.15, -0.1) is 0 Å². The fourth-order valence-corrected chi connectivity index (χ4v) is 1.20. The molecule has 0 aromatic heterocycles. The van der Waals surface area contributed by atoms with E-state index in [9.17, 15) is 0 Å². The van der Waals surface area contributed by atoms with Gasteiger partial charge in [-0.2, -0.15) is 0 Å². The van der Waals surface area contributed by atoms with Gasteiger partial charge in [0.1, 0.15) is 0 Å². The van der Waals surface area contributed by atoms with Crippen LogP contribution in [0, 0.1) is 0 Å². The largest absolute Gasteiger partial charge is 0.426 e. The first-order chi connectivity index (χ1) is 4.41. The van der Waals surface area contributed by atoms with Crippen LogP contribution in [0.5, 0.6) is 0 Å². The Labute approximate surface area is 59.9 Å². The Morgan fingerprint density at radius 3 is 2.89 bits per heavy atom. The van der Waals surface area contributed by atoms with Crippen LogP contribution in [-0.2, 0) is 4.43 Å². The van der Waals surface area contributed by atoms with Gasteiger partial charge in [0.25, 0.3) is 0 Å². The average Bonchev–Trinajstić information content (AvgIpc) is 1.89. The maximum absolute atomic E-state index is 5.00. The summed E-state index contributed by atoms with van der Waals surface area (Å²) in [5.41, 5.74) is 0. The number of rotatable bonds is 6. The first-order valence-corrected chi connectivity index (χ1v) is 5.19. The molecule has 0 fully saturated rings. The van der Waals surface area contributed by atoms with Gasteiger partial charge >= 0.3 is 0 Å². The van der Waals surface area contributed by atoms with Gasteiger partial charge in [0.2, 0.25) is 0 Å². The second kappa shape index (κ2) is 8.14. The van der Waals surface area contributed by atoms with E-state index in [-0.39, 0.29) is 9.76 Å². The lowest BCUT2D eigenvalue weighted by molar-refractivity contribution is 0.437. The molecule has 0 aliphatic heterocycles. The van der Waals surface area contributed by atoms with Crippen LogP contribution < -0.4 is 5.32 Å². The van der Waals surface area contributed by atoms with Crippen LogP contribution >= 0.6 is 0 Å². The van der Waals surface area contributed by atoms with Crippen molar-refractivity contribution in [3.63, 3.8) is 0 Å². The second-order valence-corrected chi connectivity index (χ2v) is 3.58. The zero-order valence-electron chi connectivity index (χ0n) is 6.44. The van der Waals surface area contributed by atoms with Gasteiger partial charge < -0.3 is 9.74 Å². The molecular weight excluding hydrogens is 130 g/mol. The average molecular weight is 147 g/mol. The number of unbranched alkanes of at least 4 members (excludes halogenated alkanes) is 1. The van der Waals surface area contributed by atoms with Crippen molar-refractivity contribution in [2.24, 2.45) is 0 Å². The van der Waals surface area contributed by atoms with E-state index in [0.29, 0.717) is 0 Å². The van der Waals surface area contributed by atoms with E-state index in [0.717, 1.165) is 12.7 Å². The van der Waals surface area contributed by atoms with E-state index in [1.807, 2.05) is 0 Å². The second-order valence-electron chi connectivity index (χ2n) is 2.10. The first kappa shape index (κ1) is 9.14. The Bertz CT molecular complexity index is 46.3. The topological polar surface area (TPSA) is 21.3 Å². The molecule has 0 saturated carbocycles. The van der Waals surface area contributed by atoms with Crippen molar-refractivity contribution in [2.75, 3.05) is 19.8 Å². The maximum Gasteiger partial charge on any atom is 0.174 e. The van der Waals surface area contributed by atoms with Gasteiger partial charge in [-0.25, -0.2) is 0 Å². The van der Waals surface area contributed by atoms with Gasteiger partial charge in [-0.1, -0.05) is 13.3 Å². The van der Waals surface area contributed by atoms with Crippen molar-refractivity contribution < 1.29 is 4.43 Å². The minimum Gasteiger partial charge on any atom is -0.426 e. The molecule has 0 amide bonds. The highest BCUT2D eigenvalue weighted by Crippen LogP contribution is 1.80. The molecule has 0 aromatic rings. The summed E-state index contributed by atoms with van der Waals surface area (Å²) in [6.45, 7) is 3.36. The van der Waals surface area contributed by atoms with Crippen LogP contribution in [0.25, 0.3) is 0 Å². The van der Waals surface area contributed by atoms with Crippen molar-refractivity contribution in [3.05, 3.63) is 0 Å². The van der Waals surface area contributed by atoms with Gasteiger partial charge in [0, 0.05) is 13.3 Å². The van der Waals surface area contributed by atoms with Crippen molar-refractivity contribution in [2.45, 2.75) is 19.8 Å². The minimum atomic E-state index is -0.217. The number of nitrogens with one attached hydrogen (secondary N) is 1. The maximum atomic E-state index is 5.00. The third-order valence-corrected chi connectivity index (χ3v) is 2.16. The SMILES string of the molecule is CCCCNC[SiH2]OC. The molecule has 0 unspecified atom stereocenters. The molecule has 0 radical (unpaired) electrons. The Kier molecular flexibility index (Phi) is 8.26. The van der Waals surface area contributed by atoms with Gasteiger partial charge in [-0.05, 0) is 13.0 Å². The third-order valence-electron chi connectivity index (χ3n) is 1.19. The van der Waals surface area contributed by atoms with E-state index in [1.54, 1.807) is 7.11 Å². The predicted molar refractivity (Wildman–Crippen MR) is 43.3 cm³/mol. The molecule has 0 rings (SSSR count). The highest BCUT2D eigenvalue weighted by Gasteiger charge is 1.84. The summed E-state index contributed by atoms with van der Waals surface area (Å²) in [6, 6.07) is 0. The molecule has 2 nitrogen and oxygen atoms in total. The highest BCUT2D eigenvalue weighted by molar-refractivity contribution is 6.27. The Hall–Kier alpha value is 0.137. The molecule has 0 aliphatic carbocycles. The predicted octanol–water partition coefficient (Wildman–Crippen LogP) is 0.0638. The fraction of sp³-hybridized carbons (Fsp3) is 1.00. The summed E-state index contributed by atoms with van der Waals surface area (Å²) < 4.78 is 5.00. The van der Waals surface area contributed by atoms with E-state index in [2.05, 4.69) is 12.2 Å². The van der Waals surface area contributed by atoms with Crippen molar-refractivity contribution in [3.8, 4) is 0 Å². The molecule has 0 aromatic carbocycles. The van der Waals surface area contributed by atoms with Crippen LogP contribution in [0.1, 0.15) is 19.8 Å². The van der Waals surface area contributed by atoms with E-state index in [1.165, 1.54) is 12.8 Å². The third kappa shape index (κ3) is 8.14. The molecule has 0 atom stereocenters. The van der Waals surface area contributed by atoms with E-state index in [4.69, 9.17) is 4.43 Å². The molecule has 0 bridgehead atoms. The molecule has 0 saturated heterocycles. The van der Waals surface area contributed by atoms with Gasteiger partial charge in [0.05, 0.1) is 0 Å². The molecule has 56 valence electrons. The lowest BCUT2D eigenvalue weighted by Crippen LogP contribution is -2.22. The smallest absolute Gasteiger partial charge is 0.174 e. The van der Waals surface area contributed by atoms with Crippen molar-refractivity contribution in [1.82, 2.24) is 5.32 Å².